The first-order valence-electron chi connectivity index (χ1n) is 4.31. The number of rotatable bonds is 4. The standard InChI is InChI=1S/C10H13NO2/c1-3-5-9(12)8-6-4-7-11-10(8)13-2/h4,6-7H,3,5H2,1-2H3. The Morgan fingerprint density at radius 2 is 2.38 bits per heavy atom. The summed E-state index contributed by atoms with van der Waals surface area (Å²) >= 11 is 0. The molecular formula is C10H13NO2. The molecule has 0 aliphatic carbocycles. The first-order valence-corrected chi connectivity index (χ1v) is 4.31. The quantitative estimate of drug-likeness (QED) is 0.664. The number of ether oxygens (including phenoxy) is 1. The normalized spacial score (nSPS) is 9.69. The Morgan fingerprint density at radius 3 is 3.00 bits per heavy atom. The number of methoxy groups -OCH3 is 1. The molecule has 3 heteroatoms. The van der Waals surface area contributed by atoms with Crippen molar-refractivity contribution in [1.29, 1.82) is 0 Å². The minimum absolute atomic E-state index is 0.0902. The predicted molar refractivity (Wildman–Crippen MR) is 50.0 cm³/mol. The van der Waals surface area contributed by atoms with Crippen molar-refractivity contribution in [3.05, 3.63) is 23.9 Å². The van der Waals surface area contributed by atoms with Crippen LogP contribution in [0.3, 0.4) is 0 Å². The van der Waals surface area contributed by atoms with E-state index in [2.05, 4.69) is 4.98 Å². The molecule has 0 fully saturated rings. The average molecular weight is 179 g/mol. The second-order valence-corrected chi connectivity index (χ2v) is 2.73. The van der Waals surface area contributed by atoms with Gasteiger partial charge >= 0.3 is 0 Å². The number of hydrogen-bond acceptors (Lipinski definition) is 3. The van der Waals surface area contributed by atoms with Crippen molar-refractivity contribution in [3.8, 4) is 5.88 Å². The number of nitrogens with zero attached hydrogens (tertiary/aromatic N) is 1. The van der Waals surface area contributed by atoms with Crippen molar-refractivity contribution >= 4 is 5.78 Å². The minimum Gasteiger partial charge on any atom is -0.480 e. The third-order valence-corrected chi connectivity index (χ3v) is 1.74. The number of hydrogen-bond donors (Lipinski definition) is 0. The zero-order chi connectivity index (χ0) is 9.68. The summed E-state index contributed by atoms with van der Waals surface area (Å²) in [6.45, 7) is 1.97. The fraction of sp³-hybridized carbons (Fsp3) is 0.400. The fourth-order valence-corrected chi connectivity index (χ4v) is 1.13. The summed E-state index contributed by atoms with van der Waals surface area (Å²) in [6, 6.07) is 3.48. The van der Waals surface area contributed by atoms with E-state index in [-0.39, 0.29) is 5.78 Å². The summed E-state index contributed by atoms with van der Waals surface area (Å²) in [4.78, 5) is 15.5. The highest BCUT2D eigenvalue weighted by Crippen LogP contribution is 2.15. The second-order valence-electron chi connectivity index (χ2n) is 2.73. The Kier molecular flexibility index (Phi) is 3.43. The molecule has 0 unspecified atom stereocenters. The topological polar surface area (TPSA) is 39.2 Å². The lowest BCUT2D eigenvalue weighted by Gasteiger charge is -2.04. The van der Waals surface area contributed by atoms with E-state index in [4.69, 9.17) is 4.74 Å². The molecule has 0 aromatic carbocycles. The molecule has 0 spiro atoms. The summed E-state index contributed by atoms with van der Waals surface area (Å²) in [7, 11) is 1.52. The predicted octanol–water partition coefficient (Wildman–Crippen LogP) is 2.07. The van der Waals surface area contributed by atoms with Crippen molar-refractivity contribution in [2.75, 3.05) is 7.11 Å². The van der Waals surface area contributed by atoms with Gasteiger partial charge in [-0.05, 0) is 18.6 Å². The molecule has 0 saturated heterocycles. The van der Waals surface area contributed by atoms with Crippen LogP contribution in [0.1, 0.15) is 30.1 Å². The van der Waals surface area contributed by atoms with Crippen LogP contribution in [-0.2, 0) is 0 Å². The molecule has 0 bridgehead atoms. The molecule has 70 valence electrons. The lowest BCUT2D eigenvalue weighted by Crippen LogP contribution is -2.02. The van der Waals surface area contributed by atoms with E-state index in [1.807, 2.05) is 6.92 Å². The maximum absolute atomic E-state index is 11.5. The van der Waals surface area contributed by atoms with Crippen molar-refractivity contribution in [3.63, 3.8) is 0 Å². The SMILES string of the molecule is CCCC(=O)c1cccnc1OC. The smallest absolute Gasteiger partial charge is 0.224 e. The van der Waals surface area contributed by atoms with Gasteiger partial charge in [-0.15, -0.1) is 0 Å². The first-order chi connectivity index (χ1) is 6.29. The second kappa shape index (κ2) is 4.60. The van der Waals surface area contributed by atoms with Gasteiger partial charge in [0.05, 0.1) is 12.7 Å². The van der Waals surface area contributed by atoms with E-state index in [1.54, 1.807) is 18.3 Å². The van der Waals surface area contributed by atoms with E-state index in [9.17, 15) is 4.79 Å². The van der Waals surface area contributed by atoms with Gasteiger partial charge in [0.2, 0.25) is 5.88 Å². The van der Waals surface area contributed by atoms with E-state index in [0.717, 1.165) is 6.42 Å². The average Bonchev–Trinajstić information content (AvgIpc) is 2.18. The lowest BCUT2D eigenvalue weighted by molar-refractivity contribution is 0.0978. The highest BCUT2D eigenvalue weighted by Gasteiger charge is 2.10. The van der Waals surface area contributed by atoms with Gasteiger partial charge < -0.3 is 4.74 Å². The molecule has 13 heavy (non-hydrogen) atoms. The van der Waals surface area contributed by atoms with E-state index < -0.39 is 0 Å². The van der Waals surface area contributed by atoms with E-state index in [1.165, 1.54) is 7.11 Å². The molecule has 1 aromatic heterocycles. The van der Waals surface area contributed by atoms with Gasteiger partial charge in [0.25, 0.3) is 0 Å². The number of ketones is 1. The lowest BCUT2D eigenvalue weighted by atomic mass is 10.1. The van der Waals surface area contributed by atoms with Gasteiger partial charge in [-0.3, -0.25) is 4.79 Å². The summed E-state index contributed by atoms with van der Waals surface area (Å²) in [5.74, 6) is 0.508. The summed E-state index contributed by atoms with van der Waals surface area (Å²) < 4.78 is 4.98. The Bertz CT molecular complexity index is 297. The molecule has 0 amide bonds. The largest absolute Gasteiger partial charge is 0.480 e. The molecule has 0 aliphatic rings. The summed E-state index contributed by atoms with van der Waals surface area (Å²) in [6.07, 6.45) is 3.00. The van der Waals surface area contributed by atoms with Crippen LogP contribution in [0, 0.1) is 0 Å². The molecule has 0 saturated carbocycles. The molecule has 1 heterocycles. The summed E-state index contributed by atoms with van der Waals surface area (Å²) in [5, 5.41) is 0. The van der Waals surface area contributed by atoms with Crippen molar-refractivity contribution in [2.45, 2.75) is 19.8 Å². The van der Waals surface area contributed by atoms with Crippen molar-refractivity contribution in [1.82, 2.24) is 4.98 Å². The Hall–Kier alpha value is -1.38. The number of aromatic nitrogens is 1. The Morgan fingerprint density at radius 1 is 1.62 bits per heavy atom. The van der Waals surface area contributed by atoms with Crippen molar-refractivity contribution < 1.29 is 9.53 Å². The van der Waals surface area contributed by atoms with Gasteiger partial charge in [0.1, 0.15) is 0 Å². The van der Waals surface area contributed by atoms with Crippen LogP contribution in [0.4, 0.5) is 0 Å². The fourth-order valence-electron chi connectivity index (χ4n) is 1.13. The van der Waals surface area contributed by atoms with Gasteiger partial charge in [0, 0.05) is 12.6 Å². The highest BCUT2D eigenvalue weighted by atomic mass is 16.5. The zero-order valence-electron chi connectivity index (χ0n) is 7.91. The third-order valence-electron chi connectivity index (χ3n) is 1.74. The van der Waals surface area contributed by atoms with Crippen LogP contribution in [0.5, 0.6) is 5.88 Å². The molecule has 1 aromatic rings. The highest BCUT2D eigenvalue weighted by molar-refractivity contribution is 5.98. The van der Waals surface area contributed by atoms with Gasteiger partial charge in [-0.2, -0.15) is 0 Å². The van der Waals surface area contributed by atoms with Crippen LogP contribution in [0.2, 0.25) is 0 Å². The van der Waals surface area contributed by atoms with Crippen LogP contribution < -0.4 is 4.74 Å². The molecular weight excluding hydrogens is 166 g/mol. The molecule has 0 atom stereocenters. The first kappa shape index (κ1) is 9.71. The maximum Gasteiger partial charge on any atom is 0.224 e. The zero-order valence-corrected chi connectivity index (χ0v) is 7.91. The van der Waals surface area contributed by atoms with Gasteiger partial charge in [-0.25, -0.2) is 4.98 Å². The van der Waals surface area contributed by atoms with Gasteiger partial charge in [-0.1, -0.05) is 6.92 Å². The molecule has 0 radical (unpaired) electrons. The minimum atomic E-state index is 0.0902. The maximum atomic E-state index is 11.5. The number of pyridine rings is 1. The van der Waals surface area contributed by atoms with Crippen molar-refractivity contribution in [2.24, 2.45) is 0 Å². The molecule has 0 aliphatic heterocycles. The molecule has 0 N–H and O–H groups in total. The summed E-state index contributed by atoms with van der Waals surface area (Å²) in [5.41, 5.74) is 0.576. The third kappa shape index (κ3) is 2.28. The number of carbonyl (C=O) groups is 1. The Labute approximate surface area is 77.8 Å². The van der Waals surface area contributed by atoms with Gasteiger partial charge in [0.15, 0.2) is 5.78 Å². The number of Topliss-reactive ketones (excluding diaryl/α,β-unsaturated/α-hetero) is 1. The van der Waals surface area contributed by atoms with Crippen LogP contribution in [-0.4, -0.2) is 17.9 Å². The van der Waals surface area contributed by atoms with E-state index >= 15 is 0 Å². The monoisotopic (exact) mass is 179 g/mol. The van der Waals surface area contributed by atoms with E-state index in [0.29, 0.717) is 17.9 Å². The number of carbonyl (C=O) groups excluding carboxylic acids is 1. The van der Waals surface area contributed by atoms with Crippen LogP contribution in [0.15, 0.2) is 18.3 Å². The molecule has 1 rings (SSSR count). The molecule has 3 nitrogen and oxygen atoms in total. The van der Waals surface area contributed by atoms with Crippen LogP contribution >= 0.6 is 0 Å². The van der Waals surface area contributed by atoms with Crippen LogP contribution in [0.25, 0.3) is 0 Å². The Balaban J connectivity index is 2.92.